The first kappa shape index (κ1) is 16.6. The number of imide groups is 1. The van der Waals surface area contributed by atoms with Gasteiger partial charge in [0.05, 0.1) is 23.7 Å². The molecule has 0 saturated carbocycles. The minimum Gasteiger partial charge on any atom is -0.390 e. The number of amides is 3. The monoisotopic (exact) mass is 351 g/mol. The fourth-order valence-electron chi connectivity index (χ4n) is 3.04. The van der Waals surface area contributed by atoms with E-state index in [0.717, 1.165) is 10.5 Å². The molecule has 0 radical (unpaired) electrons. The van der Waals surface area contributed by atoms with E-state index in [0.29, 0.717) is 16.9 Å². The molecule has 1 saturated heterocycles. The second-order valence-corrected chi connectivity index (χ2v) is 6.64. The van der Waals surface area contributed by atoms with Crippen molar-refractivity contribution in [2.45, 2.75) is 31.5 Å². The largest absolute Gasteiger partial charge is 0.390 e. The summed E-state index contributed by atoms with van der Waals surface area (Å²) >= 11 is 1.30. The fraction of sp³-hybridized carbons (Fsp3) is 0.467. The van der Waals surface area contributed by atoms with E-state index < -0.39 is 18.1 Å². The van der Waals surface area contributed by atoms with Gasteiger partial charge in [-0.25, -0.2) is 0 Å². The van der Waals surface area contributed by atoms with Crippen LogP contribution in [0.1, 0.15) is 28.8 Å². The van der Waals surface area contributed by atoms with Crippen LogP contribution in [0.15, 0.2) is 5.38 Å². The normalized spacial score (nSPS) is 22.0. The molecule has 0 aromatic carbocycles. The molecule has 0 spiro atoms. The summed E-state index contributed by atoms with van der Waals surface area (Å²) in [4.78, 5) is 50.7. The Morgan fingerprint density at radius 1 is 1.46 bits per heavy atom. The molecular weight excluding hydrogens is 334 g/mol. The molecule has 2 aliphatic rings. The summed E-state index contributed by atoms with van der Waals surface area (Å²) in [5.41, 5.74) is 7.13. The van der Waals surface area contributed by atoms with Gasteiger partial charge in [0.1, 0.15) is 12.1 Å². The van der Waals surface area contributed by atoms with Gasteiger partial charge in [-0.2, -0.15) is 0 Å². The Labute approximate surface area is 142 Å². The van der Waals surface area contributed by atoms with Gasteiger partial charge in [-0.3, -0.25) is 19.3 Å². The van der Waals surface area contributed by atoms with Crippen LogP contribution in [0, 0.1) is 0 Å². The topological polar surface area (TPSA) is 110 Å². The summed E-state index contributed by atoms with van der Waals surface area (Å²) in [7, 11) is 1.33. The fourth-order valence-corrected chi connectivity index (χ4v) is 3.85. The number of aldehydes is 1. The lowest BCUT2D eigenvalue weighted by atomic mass is 10.0. The first-order valence-electron chi connectivity index (χ1n) is 7.47. The maximum Gasteiger partial charge on any atom is 0.256 e. The molecule has 2 unspecified atom stereocenters. The molecule has 2 aliphatic heterocycles. The molecule has 1 aromatic rings. The number of methoxy groups -OCH3 is 1. The molecule has 3 rings (SSSR count). The number of nitrogen functional groups attached to an aromatic ring is 1. The van der Waals surface area contributed by atoms with Gasteiger partial charge in [-0.05, 0) is 6.42 Å². The van der Waals surface area contributed by atoms with Crippen LogP contribution in [0.2, 0.25) is 0 Å². The lowest BCUT2D eigenvalue weighted by Gasteiger charge is -2.36. The molecule has 8 nitrogen and oxygen atoms in total. The number of carbonyl (C=O) groups excluding carboxylic acids is 4. The first-order valence-corrected chi connectivity index (χ1v) is 8.35. The van der Waals surface area contributed by atoms with Crippen molar-refractivity contribution in [3.63, 3.8) is 0 Å². The highest BCUT2D eigenvalue weighted by atomic mass is 32.1. The predicted octanol–water partition coefficient (Wildman–Crippen LogP) is 0.0176. The van der Waals surface area contributed by atoms with E-state index in [-0.39, 0.29) is 37.7 Å². The Hall–Kier alpha value is -2.26. The van der Waals surface area contributed by atoms with Crippen molar-refractivity contribution >= 4 is 40.3 Å². The quantitative estimate of drug-likeness (QED) is 0.591. The minimum absolute atomic E-state index is 0.137. The zero-order valence-electron chi connectivity index (χ0n) is 13.1. The van der Waals surface area contributed by atoms with Crippen LogP contribution >= 0.6 is 11.3 Å². The highest BCUT2D eigenvalue weighted by Crippen LogP contribution is 2.35. The molecule has 0 bridgehead atoms. The van der Waals surface area contributed by atoms with E-state index in [1.54, 1.807) is 5.38 Å². The van der Waals surface area contributed by atoms with Gasteiger partial charge >= 0.3 is 0 Å². The average molecular weight is 351 g/mol. The van der Waals surface area contributed by atoms with Crippen LogP contribution in [-0.2, 0) is 25.7 Å². The predicted molar refractivity (Wildman–Crippen MR) is 85.2 cm³/mol. The molecule has 1 fully saturated rings. The number of thiophene rings is 1. The zero-order valence-corrected chi connectivity index (χ0v) is 13.9. The highest BCUT2D eigenvalue weighted by molar-refractivity contribution is 7.14. The summed E-state index contributed by atoms with van der Waals surface area (Å²) in [6, 6.07) is -0.726. The lowest BCUT2D eigenvalue weighted by molar-refractivity contribution is -0.154. The van der Waals surface area contributed by atoms with Gasteiger partial charge < -0.3 is 20.2 Å². The Morgan fingerprint density at radius 2 is 2.21 bits per heavy atom. The standard InChI is InChI=1S/C15H17N3O5S/c1-23-8(6-19)4-18-12(20)3-2-11(15(18)22)17-5-9-10(14(17)21)7-24-13(9)16/h6-8,11H,2-5,16H2,1H3. The van der Waals surface area contributed by atoms with Crippen LogP contribution < -0.4 is 5.73 Å². The maximum atomic E-state index is 12.7. The summed E-state index contributed by atoms with van der Waals surface area (Å²) < 4.78 is 4.92. The Bertz CT molecular complexity index is 716. The number of nitrogens with two attached hydrogens (primary N) is 1. The lowest BCUT2D eigenvalue weighted by Crippen LogP contribution is -2.56. The molecule has 9 heteroatoms. The summed E-state index contributed by atoms with van der Waals surface area (Å²) in [5, 5.41) is 2.26. The molecule has 24 heavy (non-hydrogen) atoms. The van der Waals surface area contributed by atoms with Crippen molar-refractivity contribution in [1.29, 1.82) is 0 Å². The van der Waals surface area contributed by atoms with Gasteiger partial charge in [0, 0.05) is 24.5 Å². The number of likely N-dealkylation sites (tertiary alicyclic amines) is 1. The van der Waals surface area contributed by atoms with E-state index >= 15 is 0 Å². The molecule has 0 aliphatic carbocycles. The summed E-state index contributed by atoms with van der Waals surface area (Å²) in [5.74, 6) is -1.08. The van der Waals surface area contributed by atoms with Crippen LogP contribution in [0.3, 0.4) is 0 Å². The van der Waals surface area contributed by atoms with E-state index in [2.05, 4.69) is 0 Å². The maximum absolute atomic E-state index is 12.7. The Balaban J connectivity index is 1.80. The summed E-state index contributed by atoms with van der Waals surface area (Å²) in [6.07, 6.45) is 0.0791. The third kappa shape index (κ3) is 2.59. The van der Waals surface area contributed by atoms with Gasteiger partial charge in [0.15, 0.2) is 6.29 Å². The van der Waals surface area contributed by atoms with Crippen molar-refractivity contribution in [2.75, 3.05) is 19.4 Å². The van der Waals surface area contributed by atoms with E-state index in [1.807, 2.05) is 0 Å². The first-order chi connectivity index (χ1) is 11.5. The number of fused-ring (bicyclic) bond motifs is 1. The number of rotatable bonds is 5. The third-order valence-corrected chi connectivity index (χ3v) is 5.28. The van der Waals surface area contributed by atoms with E-state index in [9.17, 15) is 19.2 Å². The zero-order chi connectivity index (χ0) is 17.4. The minimum atomic E-state index is -0.872. The Morgan fingerprint density at radius 3 is 2.83 bits per heavy atom. The van der Waals surface area contributed by atoms with Crippen LogP contribution in [0.25, 0.3) is 0 Å². The Kier molecular flexibility index (Phi) is 4.37. The molecular formula is C15H17N3O5S. The number of carbonyl (C=O) groups is 4. The number of hydrogen-bond acceptors (Lipinski definition) is 7. The number of piperidine rings is 1. The SMILES string of the molecule is COC(C=O)CN1C(=O)CCC(N2Cc3c(csc3N)C2=O)C1=O. The second kappa shape index (κ2) is 6.33. The molecule has 3 heterocycles. The van der Waals surface area contributed by atoms with Crippen LogP contribution in [-0.4, -0.2) is 59.6 Å². The van der Waals surface area contributed by atoms with E-state index in [1.165, 1.54) is 23.3 Å². The van der Waals surface area contributed by atoms with Gasteiger partial charge in [-0.1, -0.05) is 0 Å². The van der Waals surface area contributed by atoms with Gasteiger partial charge in [0.2, 0.25) is 5.91 Å². The van der Waals surface area contributed by atoms with Crippen molar-refractivity contribution in [1.82, 2.24) is 9.80 Å². The number of nitrogens with zero attached hydrogens (tertiary/aromatic N) is 2. The molecule has 128 valence electrons. The van der Waals surface area contributed by atoms with Gasteiger partial charge in [-0.15, -0.1) is 11.3 Å². The van der Waals surface area contributed by atoms with Crippen molar-refractivity contribution < 1.29 is 23.9 Å². The number of anilines is 1. The van der Waals surface area contributed by atoms with Gasteiger partial charge in [0.25, 0.3) is 11.8 Å². The van der Waals surface area contributed by atoms with Crippen molar-refractivity contribution in [3.05, 3.63) is 16.5 Å². The smallest absolute Gasteiger partial charge is 0.256 e. The van der Waals surface area contributed by atoms with Crippen molar-refractivity contribution in [2.24, 2.45) is 0 Å². The summed E-state index contributed by atoms with van der Waals surface area (Å²) in [6.45, 7) is 0.128. The molecule has 3 amide bonds. The average Bonchev–Trinajstić information content (AvgIpc) is 3.09. The second-order valence-electron chi connectivity index (χ2n) is 5.73. The highest BCUT2D eigenvalue weighted by Gasteiger charge is 2.43. The number of ether oxygens (including phenoxy) is 1. The van der Waals surface area contributed by atoms with Crippen molar-refractivity contribution in [3.8, 4) is 0 Å². The van der Waals surface area contributed by atoms with Crippen LogP contribution in [0.5, 0.6) is 0 Å². The number of hydrogen-bond donors (Lipinski definition) is 1. The molecule has 2 atom stereocenters. The molecule has 2 N–H and O–H groups in total. The van der Waals surface area contributed by atoms with Crippen LogP contribution in [0.4, 0.5) is 5.00 Å². The third-order valence-electron chi connectivity index (χ3n) is 4.42. The molecule has 1 aromatic heterocycles. The van der Waals surface area contributed by atoms with E-state index in [4.69, 9.17) is 10.5 Å².